The van der Waals surface area contributed by atoms with Crippen LogP contribution in [0.2, 0.25) is 0 Å². The zero-order chi connectivity index (χ0) is 21.4. The number of halogens is 4. The van der Waals surface area contributed by atoms with E-state index >= 15 is 0 Å². The zero-order valence-electron chi connectivity index (χ0n) is 17.2. The lowest BCUT2D eigenvalue weighted by Gasteiger charge is -2.19. The van der Waals surface area contributed by atoms with Gasteiger partial charge in [0.05, 0.1) is 7.11 Å². The fourth-order valence-electron chi connectivity index (χ4n) is 3.00. The number of alkyl halides is 3. The molecule has 2 rings (SSSR count). The maximum Gasteiger partial charge on any atom is 0.422 e. The molecule has 1 aliphatic heterocycles. The van der Waals surface area contributed by atoms with Crippen LogP contribution in [0, 0.1) is 0 Å². The van der Waals surface area contributed by atoms with Crippen LogP contribution in [0.5, 0.6) is 11.5 Å². The molecule has 30 heavy (non-hydrogen) atoms. The second kappa shape index (κ2) is 12.1. The first-order valence-electron chi connectivity index (χ1n) is 9.37. The van der Waals surface area contributed by atoms with Gasteiger partial charge >= 0.3 is 6.18 Å². The minimum Gasteiger partial charge on any atom is -0.493 e. The third-order valence-corrected chi connectivity index (χ3v) is 4.49. The van der Waals surface area contributed by atoms with Crippen molar-refractivity contribution in [2.24, 2.45) is 4.99 Å². The smallest absolute Gasteiger partial charge is 0.422 e. The highest BCUT2D eigenvalue weighted by Crippen LogP contribution is 2.29. The summed E-state index contributed by atoms with van der Waals surface area (Å²) in [6, 6.07) is 4.84. The van der Waals surface area contributed by atoms with Gasteiger partial charge in [-0.2, -0.15) is 13.2 Å². The van der Waals surface area contributed by atoms with E-state index < -0.39 is 12.8 Å². The molecule has 1 fully saturated rings. The van der Waals surface area contributed by atoms with Crippen molar-refractivity contribution < 1.29 is 27.4 Å². The summed E-state index contributed by atoms with van der Waals surface area (Å²) in [4.78, 5) is 17.8. The molecule has 1 aromatic rings. The van der Waals surface area contributed by atoms with Crippen LogP contribution in [0.3, 0.4) is 0 Å². The van der Waals surface area contributed by atoms with Gasteiger partial charge in [0.15, 0.2) is 24.1 Å². The van der Waals surface area contributed by atoms with Crippen molar-refractivity contribution in [2.75, 3.05) is 33.9 Å². The quantitative estimate of drug-likeness (QED) is 0.314. The largest absolute Gasteiger partial charge is 0.493 e. The Morgan fingerprint density at radius 3 is 2.67 bits per heavy atom. The Morgan fingerprint density at radius 1 is 1.33 bits per heavy atom. The van der Waals surface area contributed by atoms with Gasteiger partial charge in [-0.25, -0.2) is 0 Å². The highest BCUT2D eigenvalue weighted by Gasteiger charge is 2.29. The van der Waals surface area contributed by atoms with E-state index in [0.29, 0.717) is 25.5 Å². The van der Waals surface area contributed by atoms with Crippen molar-refractivity contribution >= 4 is 35.8 Å². The molecule has 1 aromatic carbocycles. The van der Waals surface area contributed by atoms with E-state index in [1.54, 1.807) is 19.2 Å². The number of nitrogens with zero attached hydrogens (tertiary/aromatic N) is 2. The van der Waals surface area contributed by atoms with Crippen LogP contribution in [0.15, 0.2) is 23.2 Å². The predicted molar refractivity (Wildman–Crippen MR) is 119 cm³/mol. The van der Waals surface area contributed by atoms with Crippen molar-refractivity contribution in [1.29, 1.82) is 0 Å². The molecule has 1 aliphatic rings. The van der Waals surface area contributed by atoms with Crippen molar-refractivity contribution in [3.63, 3.8) is 0 Å². The summed E-state index contributed by atoms with van der Waals surface area (Å²) in [5, 5.41) is 6.44. The van der Waals surface area contributed by atoms with Crippen LogP contribution < -0.4 is 20.1 Å². The lowest BCUT2D eigenvalue weighted by molar-refractivity contribution is -0.153. The summed E-state index contributed by atoms with van der Waals surface area (Å²) in [5.74, 6) is 0.970. The van der Waals surface area contributed by atoms with Crippen molar-refractivity contribution in [2.45, 2.75) is 38.5 Å². The zero-order valence-corrected chi connectivity index (χ0v) is 19.5. The lowest BCUT2D eigenvalue weighted by atomic mass is 10.2. The van der Waals surface area contributed by atoms with Gasteiger partial charge in [0, 0.05) is 39.1 Å². The van der Waals surface area contributed by atoms with Crippen molar-refractivity contribution in [3.8, 4) is 11.5 Å². The normalized spacial score (nSPS) is 16.7. The number of guanidine groups is 1. The first-order chi connectivity index (χ1) is 13.8. The van der Waals surface area contributed by atoms with Crippen LogP contribution in [-0.4, -0.2) is 62.8 Å². The number of methoxy groups -OCH3 is 1. The molecule has 170 valence electrons. The van der Waals surface area contributed by atoms with Crippen LogP contribution in [0.1, 0.15) is 25.3 Å². The number of nitrogens with one attached hydrogen (secondary N) is 2. The molecule has 1 unspecified atom stereocenters. The van der Waals surface area contributed by atoms with Gasteiger partial charge in [-0.1, -0.05) is 13.0 Å². The first kappa shape index (κ1) is 26.1. The molecule has 11 heteroatoms. The summed E-state index contributed by atoms with van der Waals surface area (Å²) in [7, 11) is 3.02. The summed E-state index contributed by atoms with van der Waals surface area (Å²) in [5.41, 5.74) is 0.790. The third kappa shape index (κ3) is 8.07. The second-order valence-corrected chi connectivity index (χ2v) is 6.64. The van der Waals surface area contributed by atoms with Crippen molar-refractivity contribution in [3.05, 3.63) is 23.8 Å². The summed E-state index contributed by atoms with van der Waals surface area (Å²) >= 11 is 0. The monoisotopic (exact) mass is 544 g/mol. The third-order valence-electron chi connectivity index (χ3n) is 4.49. The maximum atomic E-state index is 12.3. The first-order valence-corrected chi connectivity index (χ1v) is 9.37. The Morgan fingerprint density at radius 2 is 2.07 bits per heavy atom. The summed E-state index contributed by atoms with van der Waals surface area (Å²) < 4.78 is 46.9. The van der Waals surface area contributed by atoms with E-state index in [2.05, 4.69) is 15.6 Å². The Hall–Kier alpha value is -1.92. The average Bonchev–Trinajstić information content (AvgIpc) is 3.17. The maximum absolute atomic E-state index is 12.3. The molecule has 1 saturated heterocycles. The molecule has 0 spiro atoms. The number of hydrogen-bond acceptors (Lipinski definition) is 4. The molecule has 1 atom stereocenters. The van der Waals surface area contributed by atoms with E-state index in [1.165, 1.54) is 13.2 Å². The molecule has 1 amide bonds. The number of likely N-dealkylation sites (tertiary alicyclic amines) is 1. The Labute approximate surface area is 191 Å². The fraction of sp³-hybridized carbons (Fsp3) is 0.579. The van der Waals surface area contributed by atoms with Crippen LogP contribution in [0.25, 0.3) is 0 Å². The fourth-order valence-corrected chi connectivity index (χ4v) is 3.00. The highest BCUT2D eigenvalue weighted by molar-refractivity contribution is 14.0. The van der Waals surface area contributed by atoms with E-state index in [4.69, 9.17) is 9.47 Å². The van der Waals surface area contributed by atoms with Gasteiger partial charge in [-0.3, -0.25) is 9.79 Å². The molecule has 0 bridgehead atoms. The predicted octanol–water partition coefficient (Wildman–Crippen LogP) is 2.93. The van der Waals surface area contributed by atoms with E-state index in [9.17, 15) is 18.0 Å². The number of ether oxygens (including phenoxy) is 2. The number of aliphatic imine (C=N–C) groups is 1. The SMILES string of the molecule is CCC(=O)N1CCC(NC(=NC)NCc2ccc(OCC(F)(F)F)c(OC)c2)C1.I. The number of hydrogen-bond donors (Lipinski definition) is 2. The van der Waals surface area contributed by atoms with Gasteiger partial charge < -0.3 is 25.0 Å². The van der Waals surface area contributed by atoms with Gasteiger partial charge in [-0.15, -0.1) is 24.0 Å². The standard InChI is InChI=1S/C19H27F3N4O3.HI/c1-4-17(27)26-8-7-14(11-26)25-18(23-2)24-10-13-5-6-15(16(9-13)28-3)29-12-19(20,21)22;/h5-6,9,14H,4,7-8,10-12H2,1-3H3,(H2,23,24,25);1H. The van der Waals surface area contributed by atoms with Crippen LogP contribution in [0.4, 0.5) is 13.2 Å². The molecular formula is C19H28F3IN4O3. The van der Waals surface area contributed by atoms with E-state index in [1.807, 2.05) is 11.8 Å². The minimum absolute atomic E-state index is 0. The molecule has 0 aromatic heterocycles. The van der Waals surface area contributed by atoms with E-state index in [-0.39, 0.29) is 47.4 Å². The Bertz CT molecular complexity index is 731. The summed E-state index contributed by atoms with van der Waals surface area (Å²) in [6.07, 6.45) is -3.09. The molecule has 0 saturated carbocycles. The highest BCUT2D eigenvalue weighted by atomic mass is 127. The average molecular weight is 544 g/mol. The second-order valence-electron chi connectivity index (χ2n) is 6.64. The van der Waals surface area contributed by atoms with Crippen LogP contribution in [-0.2, 0) is 11.3 Å². The van der Waals surface area contributed by atoms with Gasteiger partial charge in [0.2, 0.25) is 5.91 Å². The van der Waals surface area contributed by atoms with Gasteiger partial charge in [0.1, 0.15) is 0 Å². The van der Waals surface area contributed by atoms with E-state index in [0.717, 1.165) is 18.5 Å². The number of rotatable bonds is 7. The minimum atomic E-state index is -4.42. The molecule has 2 N–H and O–H groups in total. The molecular weight excluding hydrogens is 516 g/mol. The lowest BCUT2D eigenvalue weighted by Crippen LogP contribution is -2.44. The number of amides is 1. The van der Waals surface area contributed by atoms with Gasteiger partial charge in [0.25, 0.3) is 0 Å². The summed E-state index contributed by atoms with van der Waals surface area (Å²) in [6.45, 7) is 2.21. The van der Waals surface area contributed by atoms with Crippen LogP contribution >= 0.6 is 24.0 Å². The van der Waals surface area contributed by atoms with Crippen molar-refractivity contribution in [1.82, 2.24) is 15.5 Å². The topological polar surface area (TPSA) is 75.2 Å². The molecule has 1 heterocycles. The molecule has 0 aliphatic carbocycles. The molecule has 7 nitrogen and oxygen atoms in total. The number of carbonyl (C=O) groups is 1. The number of carbonyl (C=O) groups excluding carboxylic acids is 1. The number of benzene rings is 1. The van der Waals surface area contributed by atoms with Gasteiger partial charge in [-0.05, 0) is 24.1 Å². The Kier molecular flexibility index (Phi) is 10.5. The molecule has 0 radical (unpaired) electrons. The Balaban J connectivity index is 0.00000450.